The second-order valence-electron chi connectivity index (χ2n) is 2.21. The molecule has 0 bridgehead atoms. The van der Waals surface area contributed by atoms with Gasteiger partial charge in [-0.25, -0.2) is 10.5 Å². The highest BCUT2D eigenvalue weighted by Crippen LogP contribution is 2.20. The lowest BCUT2D eigenvalue weighted by Gasteiger charge is -2.04. The molecule has 5 heteroatoms. The van der Waals surface area contributed by atoms with Crippen LogP contribution in [0.4, 0.5) is 5.82 Å². The Labute approximate surface area is 73.9 Å². The van der Waals surface area contributed by atoms with Gasteiger partial charge in [-0.15, -0.1) is 0 Å². The van der Waals surface area contributed by atoms with Crippen LogP contribution in [0, 0.1) is 0 Å². The Morgan fingerprint density at radius 3 is 3.09 bits per heavy atom. The van der Waals surface area contributed by atoms with Crippen LogP contribution in [0.2, 0.25) is 0 Å². The molecule has 0 radical (unpaired) electrons. The Hall–Kier alpha value is -0.550. The molecular formula is C6H11BrN4. The van der Waals surface area contributed by atoms with Crippen LogP contribution in [0.25, 0.3) is 0 Å². The van der Waals surface area contributed by atoms with Crippen molar-refractivity contribution in [3.05, 3.63) is 10.7 Å². The van der Waals surface area contributed by atoms with E-state index in [1.54, 1.807) is 6.20 Å². The molecule has 3 N–H and O–H groups in total. The van der Waals surface area contributed by atoms with E-state index in [0.717, 1.165) is 23.3 Å². The van der Waals surface area contributed by atoms with E-state index in [0.29, 0.717) is 0 Å². The molecule has 4 nitrogen and oxygen atoms in total. The zero-order valence-electron chi connectivity index (χ0n) is 6.34. The molecule has 0 aromatic carbocycles. The van der Waals surface area contributed by atoms with Gasteiger partial charge >= 0.3 is 0 Å². The van der Waals surface area contributed by atoms with Crippen molar-refractivity contribution in [2.24, 2.45) is 5.84 Å². The summed E-state index contributed by atoms with van der Waals surface area (Å²) in [5.41, 5.74) is 2.58. The number of aromatic nitrogens is 2. The molecule has 0 aliphatic heterocycles. The highest BCUT2D eigenvalue weighted by Gasteiger charge is 2.04. The maximum atomic E-state index is 5.29. The quantitative estimate of drug-likeness (QED) is 0.595. The van der Waals surface area contributed by atoms with Gasteiger partial charge in [0.25, 0.3) is 0 Å². The number of nitrogens with one attached hydrogen (secondary N) is 1. The first kappa shape index (κ1) is 8.55. The van der Waals surface area contributed by atoms with E-state index in [9.17, 15) is 0 Å². The van der Waals surface area contributed by atoms with Crippen molar-refractivity contribution in [1.82, 2.24) is 9.78 Å². The van der Waals surface area contributed by atoms with E-state index in [2.05, 4.69) is 33.4 Å². The van der Waals surface area contributed by atoms with E-state index in [4.69, 9.17) is 5.84 Å². The Morgan fingerprint density at radius 1 is 1.82 bits per heavy atom. The van der Waals surface area contributed by atoms with Gasteiger partial charge < -0.3 is 5.43 Å². The second-order valence-corrected chi connectivity index (χ2v) is 3.06. The summed E-state index contributed by atoms with van der Waals surface area (Å²) in [6.07, 6.45) is 2.77. The van der Waals surface area contributed by atoms with Crippen molar-refractivity contribution in [1.29, 1.82) is 0 Å². The van der Waals surface area contributed by atoms with Crippen LogP contribution in [0.1, 0.15) is 13.3 Å². The average molecular weight is 219 g/mol. The molecule has 0 aliphatic carbocycles. The van der Waals surface area contributed by atoms with Crippen LogP contribution in [0.5, 0.6) is 0 Å². The largest absolute Gasteiger partial charge is 0.308 e. The lowest BCUT2D eigenvalue weighted by Crippen LogP contribution is -2.13. The summed E-state index contributed by atoms with van der Waals surface area (Å²) in [7, 11) is 0. The summed E-state index contributed by atoms with van der Waals surface area (Å²) in [5.74, 6) is 6.11. The van der Waals surface area contributed by atoms with Crippen LogP contribution >= 0.6 is 15.9 Å². The van der Waals surface area contributed by atoms with Crippen molar-refractivity contribution >= 4 is 21.7 Å². The van der Waals surface area contributed by atoms with E-state index in [1.165, 1.54) is 0 Å². The Kier molecular flexibility index (Phi) is 2.90. The fourth-order valence-electron chi connectivity index (χ4n) is 0.887. The zero-order chi connectivity index (χ0) is 8.27. The zero-order valence-corrected chi connectivity index (χ0v) is 7.93. The Bertz CT molecular complexity index is 232. The van der Waals surface area contributed by atoms with Crippen LogP contribution in [0.3, 0.4) is 0 Å². The predicted octanol–water partition coefficient (Wildman–Crippen LogP) is 1.34. The molecule has 1 aromatic rings. The maximum absolute atomic E-state index is 5.29. The van der Waals surface area contributed by atoms with E-state index in [1.807, 2.05) is 4.68 Å². The molecule has 0 saturated carbocycles. The van der Waals surface area contributed by atoms with Crippen molar-refractivity contribution in [3.8, 4) is 0 Å². The Balaban J connectivity index is 2.86. The van der Waals surface area contributed by atoms with Gasteiger partial charge in [0.15, 0.2) is 5.82 Å². The first-order valence-corrected chi connectivity index (χ1v) is 4.26. The molecule has 1 rings (SSSR count). The number of halogens is 1. The number of nitrogens with two attached hydrogens (primary N) is 1. The molecule has 62 valence electrons. The second kappa shape index (κ2) is 3.73. The van der Waals surface area contributed by atoms with Gasteiger partial charge in [0.1, 0.15) is 0 Å². The summed E-state index contributed by atoms with van der Waals surface area (Å²) in [4.78, 5) is 0. The Morgan fingerprint density at radius 2 is 2.55 bits per heavy atom. The SMILES string of the molecule is CCCn1ncc(Br)c1NN. The number of hydrogen-bond donors (Lipinski definition) is 2. The van der Waals surface area contributed by atoms with E-state index in [-0.39, 0.29) is 0 Å². The third kappa shape index (κ3) is 1.72. The van der Waals surface area contributed by atoms with Crippen LogP contribution in [-0.2, 0) is 6.54 Å². The van der Waals surface area contributed by atoms with Gasteiger partial charge in [0, 0.05) is 6.54 Å². The summed E-state index contributed by atoms with van der Waals surface area (Å²) in [5, 5.41) is 4.10. The molecule has 0 fully saturated rings. The third-order valence-corrected chi connectivity index (χ3v) is 1.95. The average Bonchev–Trinajstić information content (AvgIpc) is 2.33. The molecular weight excluding hydrogens is 208 g/mol. The fraction of sp³-hybridized carbons (Fsp3) is 0.500. The third-order valence-electron chi connectivity index (χ3n) is 1.37. The standard InChI is InChI=1S/C6H11BrN4/c1-2-3-11-6(10-8)5(7)4-9-11/h4,10H,2-3,8H2,1H3. The van der Waals surface area contributed by atoms with Gasteiger partial charge in [0.2, 0.25) is 0 Å². The monoisotopic (exact) mass is 218 g/mol. The smallest absolute Gasteiger partial charge is 0.152 e. The minimum atomic E-state index is 0.826. The minimum absolute atomic E-state index is 0.826. The van der Waals surface area contributed by atoms with Gasteiger partial charge in [0.05, 0.1) is 10.7 Å². The van der Waals surface area contributed by atoms with Crippen molar-refractivity contribution in [2.45, 2.75) is 19.9 Å². The molecule has 1 aromatic heterocycles. The van der Waals surface area contributed by atoms with Crippen molar-refractivity contribution in [3.63, 3.8) is 0 Å². The lowest BCUT2D eigenvalue weighted by molar-refractivity contribution is 0.608. The van der Waals surface area contributed by atoms with Crippen molar-refractivity contribution < 1.29 is 0 Å². The first-order valence-electron chi connectivity index (χ1n) is 3.47. The molecule has 1 heterocycles. The number of aryl methyl sites for hydroxylation is 1. The highest BCUT2D eigenvalue weighted by molar-refractivity contribution is 9.10. The topological polar surface area (TPSA) is 55.9 Å². The highest BCUT2D eigenvalue weighted by atomic mass is 79.9. The molecule has 0 atom stereocenters. The van der Waals surface area contributed by atoms with Gasteiger partial charge in [-0.1, -0.05) is 6.92 Å². The number of nitrogen functional groups attached to an aromatic ring is 1. The molecule has 0 amide bonds. The minimum Gasteiger partial charge on any atom is -0.308 e. The maximum Gasteiger partial charge on any atom is 0.152 e. The summed E-state index contributed by atoms with van der Waals surface area (Å²) < 4.78 is 2.72. The molecule has 11 heavy (non-hydrogen) atoms. The van der Waals surface area contributed by atoms with Crippen LogP contribution in [0.15, 0.2) is 10.7 Å². The molecule has 0 aliphatic rings. The molecule has 0 saturated heterocycles. The fourth-order valence-corrected chi connectivity index (χ4v) is 1.30. The van der Waals surface area contributed by atoms with Gasteiger partial charge in [-0.3, -0.25) is 0 Å². The number of nitrogens with zero attached hydrogens (tertiary/aromatic N) is 2. The number of rotatable bonds is 3. The predicted molar refractivity (Wildman–Crippen MR) is 48.0 cm³/mol. The van der Waals surface area contributed by atoms with Crippen LogP contribution < -0.4 is 11.3 Å². The number of anilines is 1. The van der Waals surface area contributed by atoms with E-state index < -0.39 is 0 Å². The first-order chi connectivity index (χ1) is 5.29. The molecule has 0 spiro atoms. The summed E-state index contributed by atoms with van der Waals surface area (Å²) in [6.45, 7) is 2.97. The van der Waals surface area contributed by atoms with Gasteiger partial charge in [-0.2, -0.15) is 5.10 Å². The van der Waals surface area contributed by atoms with Gasteiger partial charge in [-0.05, 0) is 22.4 Å². The number of hydrazine groups is 1. The van der Waals surface area contributed by atoms with Crippen molar-refractivity contribution in [2.75, 3.05) is 5.43 Å². The van der Waals surface area contributed by atoms with E-state index >= 15 is 0 Å². The van der Waals surface area contributed by atoms with Crippen LogP contribution in [-0.4, -0.2) is 9.78 Å². The lowest BCUT2D eigenvalue weighted by atomic mass is 10.5. The summed E-state index contributed by atoms with van der Waals surface area (Å²) in [6, 6.07) is 0. The normalized spacial score (nSPS) is 10.1. The molecule has 0 unspecified atom stereocenters. The summed E-state index contributed by atoms with van der Waals surface area (Å²) >= 11 is 3.32. The number of hydrogen-bond acceptors (Lipinski definition) is 3.